The van der Waals surface area contributed by atoms with Crippen molar-refractivity contribution >= 4 is 10.0 Å². The fourth-order valence-corrected chi connectivity index (χ4v) is 3.10. The first-order valence-electron chi connectivity index (χ1n) is 7.73. The van der Waals surface area contributed by atoms with Crippen LogP contribution in [-0.2, 0) is 16.6 Å². The van der Waals surface area contributed by atoms with Crippen molar-refractivity contribution in [2.24, 2.45) is 5.92 Å². The molecular formula is C14H26N4O2S. The van der Waals surface area contributed by atoms with Gasteiger partial charge in [0.15, 0.2) is 0 Å². The van der Waals surface area contributed by atoms with E-state index in [9.17, 15) is 8.42 Å². The smallest absolute Gasteiger partial charge is 0.243 e. The molecule has 0 saturated heterocycles. The molecule has 2 rings (SSSR count). The third kappa shape index (κ3) is 5.76. The molecule has 0 aromatic carbocycles. The molecule has 1 aromatic rings. The van der Waals surface area contributed by atoms with Crippen LogP contribution in [0.3, 0.4) is 0 Å². The van der Waals surface area contributed by atoms with Gasteiger partial charge in [0.25, 0.3) is 0 Å². The molecule has 1 heterocycles. The van der Waals surface area contributed by atoms with Crippen LogP contribution in [0, 0.1) is 5.92 Å². The van der Waals surface area contributed by atoms with E-state index in [2.05, 4.69) is 29.0 Å². The average molecular weight is 314 g/mol. The molecule has 1 aliphatic rings. The number of nitrogens with zero attached hydrogens (tertiary/aromatic N) is 2. The highest BCUT2D eigenvalue weighted by atomic mass is 32.2. The highest BCUT2D eigenvalue weighted by molar-refractivity contribution is 7.89. The van der Waals surface area contributed by atoms with Gasteiger partial charge in [-0.15, -0.1) is 0 Å². The molecular weight excluding hydrogens is 288 g/mol. The van der Waals surface area contributed by atoms with Crippen LogP contribution in [-0.4, -0.2) is 37.3 Å². The Morgan fingerprint density at radius 2 is 2.14 bits per heavy atom. The summed E-state index contributed by atoms with van der Waals surface area (Å²) in [5.74, 6) is 0.594. The van der Waals surface area contributed by atoms with Gasteiger partial charge in [-0.25, -0.2) is 13.1 Å². The lowest BCUT2D eigenvalue weighted by Crippen LogP contribution is -2.25. The molecule has 0 unspecified atom stereocenters. The molecule has 1 aromatic heterocycles. The molecule has 1 aliphatic carbocycles. The van der Waals surface area contributed by atoms with Crippen LogP contribution in [0.2, 0.25) is 0 Å². The molecule has 6 nitrogen and oxygen atoms in total. The molecule has 0 amide bonds. The zero-order valence-electron chi connectivity index (χ0n) is 12.9. The van der Waals surface area contributed by atoms with E-state index in [1.54, 1.807) is 10.9 Å². The maximum absolute atomic E-state index is 12.1. The lowest BCUT2D eigenvalue weighted by Gasteiger charge is -2.06. The van der Waals surface area contributed by atoms with Crippen molar-refractivity contribution in [3.05, 3.63) is 12.4 Å². The van der Waals surface area contributed by atoms with Crippen molar-refractivity contribution in [2.45, 2.75) is 57.0 Å². The summed E-state index contributed by atoms with van der Waals surface area (Å²) in [6.45, 7) is 6.27. The molecule has 120 valence electrons. The SMILES string of the molecule is CC(C)CCCNS(=O)(=O)c1cnn(CCNC2CC2)c1. The molecule has 1 saturated carbocycles. The Labute approximate surface area is 127 Å². The number of hydrogen-bond donors (Lipinski definition) is 2. The van der Waals surface area contributed by atoms with E-state index >= 15 is 0 Å². The molecule has 1 fully saturated rings. The van der Waals surface area contributed by atoms with Crippen LogP contribution < -0.4 is 10.0 Å². The average Bonchev–Trinajstić information content (AvgIpc) is 3.10. The van der Waals surface area contributed by atoms with Crippen LogP contribution >= 0.6 is 0 Å². The van der Waals surface area contributed by atoms with Crippen molar-refractivity contribution in [3.63, 3.8) is 0 Å². The minimum Gasteiger partial charge on any atom is -0.312 e. The number of sulfonamides is 1. The zero-order valence-corrected chi connectivity index (χ0v) is 13.7. The molecule has 0 bridgehead atoms. The fraction of sp³-hybridized carbons (Fsp3) is 0.786. The van der Waals surface area contributed by atoms with E-state index in [4.69, 9.17) is 0 Å². The van der Waals surface area contributed by atoms with E-state index in [1.165, 1.54) is 19.0 Å². The van der Waals surface area contributed by atoms with Gasteiger partial charge in [0.2, 0.25) is 10.0 Å². The van der Waals surface area contributed by atoms with E-state index < -0.39 is 10.0 Å². The van der Waals surface area contributed by atoms with Gasteiger partial charge >= 0.3 is 0 Å². The van der Waals surface area contributed by atoms with Gasteiger partial charge in [0.05, 0.1) is 12.7 Å². The molecule has 0 radical (unpaired) electrons. The highest BCUT2D eigenvalue weighted by Crippen LogP contribution is 2.18. The summed E-state index contributed by atoms with van der Waals surface area (Å²) >= 11 is 0. The standard InChI is InChI=1S/C14H26N4O2S/c1-12(2)4-3-7-17-21(19,20)14-10-16-18(11-14)9-8-15-13-5-6-13/h10-13,15,17H,3-9H2,1-2H3. The van der Waals surface area contributed by atoms with Crippen molar-refractivity contribution in [1.29, 1.82) is 0 Å². The van der Waals surface area contributed by atoms with Gasteiger partial charge < -0.3 is 5.32 Å². The Balaban J connectivity index is 1.77. The Hall–Kier alpha value is -0.920. The van der Waals surface area contributed by atoms with Gasteiger partial charge in [0, 0.05) is 25.3 Å². The number of hydrogen-bond acceptors (Lipinski definition) is 4. The Bertz CT molecular complexity index is 535. The third-order valence-corrected chi connectivity index (χ3v) is 4.94. The van der Waals surface area contributed by atoms with E-state index in [-0.39, 0.29) is 4.90 Å². The van der Waals surface area contributed by atoms with Crippen LogP contribution in [0.25, 0.3) is 0 Å². The van der Waals surface area contributed by atoms with Gasteiger partial charge in [-0.1, -0.05) is 13.8 Å². The zero-order chi connectivity index (χ0) is 15.3. The van der Waals surface area contributed by atoms with Gasteiger partial charge in [-0.2, -0.15) is 5.10 Å². The molecule has 0 spiro atoms. The van der Waals surface area contributed by atoms with Crippen LogP contribution in [0.1, 0.15) is 39.5 Å². The number of nitrogens with one attached hydrogen (secondary N) is 2. The minimum atomic E-state index is -3.42. The summed E-state index contributed by atoms with van der Waals surface area (Å²) in [6.07, 6.45) is 7.39. The molecule has 0 aliphatic heterocycles. The third-order valence-electron chi connectivity index (χ3n) is 3.52. The maximum Gasteiger partial charge on any atom is 0.243 e. The highest BCUT2D eigenvalue weighted by Gasteiger charge is 2.20. The predicted octanol–water partition coefficient (Wildman–Crippen LogP) is 1.35. The number of rotatable bonds is 10. The van der Waals surface area contributed by atoms with E-state index in [1.807, 2.05) is 0 Å². The topological polar surface area (TPSA) is 76.0 Å². The first-order chi connectivity index (χ1) is 9.97. The Morgan fingerprint density at radius 1 is 1.38 bits per heavy atom. The minimum absolute atomic E-state index is 0.249. The fourth-order valence-electron chi connectivity index (χ4n) is 2.08. The van der Waals surface area contributed by atoms with Crippen molar-refractivity contribution < 1.29 is 8.42 Å². The predicted molar refractivity (Wildman–Crippen MR) is 82.5 cm³/mol. The molecule has 21 heavy (non-hydrogen) atoms. The molecule has 2 N–H and O–H groups in total. The quantitative estimate of drug-likeness (QED) is 0.639. The first-order valence-corrected chi connectivity index (χ1v) is 9.21. The monoisotopic (exact) mass is 314 g/mol. The summed E-state index contributed by atoms with van der Waals surface area (Å²) in [5.41, 5.74) is 0. The van der Waals surface area contributed by atoms with Crippen LogP contribution in [0.4, 0.5) is 0 Å². The summed E-state index contributed by atoms with van der Waals surface area (Å²) in [6, 6.07) is 0.659. The second-order valence-electron chi connectivity index (χ2n) is 6.10. The van der Waals surface area contributed by atoms with Gasteiger partial charge in [-0.3, -0.25) is 4.68 Å². The summed E-state index contributed by atoms with van der Waals surface area (Å²) in [5, 5.41) is 7.49. The van der Waals surface area contributed by atoms with Crippen molar-refractivity contribution in [1.82, 2.24) is 19.8 Å². The number of aromatic nitrogens is 2. The Morgan fingerprint density at radius 3 is 2.81 bits per heavy atom. The second-order valence-corrected chi connectivity index (χ2v) is 7.87. The summed E-state index contributed by atoms with van der Waals surface area (Å²) < 4.78 is 28.5. The van der Waals surface area contributed by atoms with Crippen LogP contribution in [0.15, 0.2) is 17.3 Å². The molecule has 7 heteroatoms. The largest absolute Gasteiger partial charge is 0.312 e. The van der Waals surface area contributed by atoms with Gasteiger partial charge in [0.1, 0.15) is 4.90 Å². The first kappa shape index (κ1) is 16.5. The van der Waals surface area contributed by atoms with Gasteiger partial charge in [-0.05, 0) is 31.6 Å². The second kappa shape index (κ2) is 7.38. The van der Waals surface area contributed by atoms with E-state index in [0.717, 1.165) is 19.4 Å². The Kier molecular flexibility index (Phi) is 5.78. The van der Waals surface area contributed by atoms with Crippen molar-refractivity contribution in [2.75, 3.05) is 13.1 Å². The lowest BCUT2D eigenvalue weighted by molar-refractivity contribution is 0.539. The van der Waals surface area contributed by atoms with E-state index in [0.29, 0.717) is 25.0 Å². The van der Waals surface area contributed by atoms with Crippen LogP contribution in [0.5, 0.6) is 0 Å². The van der Waals surface area contributed by atoms with Crippen molar-refractivity contribution in [3.8, 4) is 0 Å². The summed E-state index contributed by atoms with van der Waals surface area (Å²) in [4.78, 5) is 0.249. The lowest BCUT2D eigenvalue weighted by atomic mass is 10.1. The normalized spacial score (nSPS) is 15.8. The summed E-state index contributed by atoms with van der Waals surface area (Å²) in [7, 11) is -3.42. The maximum atomic E-state index is 12.1. The molecule has 0 atom stereocenters.